The van der Waals surface area contributed by atoms with Gasteiger partial charge in [0.1, 0.15) is 6.04 Å². The second kappa shape index (κ2) is 4.01. The summed E-state index contributed by atoms with van der Waals surface area (Å²) in [6, 6.07) is 0.798. The van der Waals surface area contributed by atoms with E-state index in [1.165, 1.54) is 10.8 Å². The van der Waals surface area contributed by atoms with Crippen LogP contribution in [0.4, 0.5) is 0 Å². The third kappa shape index (κ3) is 2.40. The first-order valence-electron chi connectivity index (χ1n) is 4.09. The lowest BCUT2D eigenvalue weighted by atomic mass is 10.3. The minimum absolute atomic E-state index is 0.0570. The summed E-state index contributed by atoms with van der Waals surface area (Å²) < 4.78 is 1.25. The number of aromatic nitrogens is 2. The van der Waals surface area contributed by atoms with Gasteiger partial charge in [-0.25, -0.2) is 4.79 Å². The second-order valence-electron chi connectivity index (χ2n) is 3.01. The normalized spacial score (nSPS) is 12.4. The van der Waals surface area contributed by atoms with Gasteiger partial charge >= 0.3 is 5.69 Å². The zero-order valence-electron chi connectivity index (χ0n) is 7.80. The molecule has 6 nitrogen and oxygen atoms in total. The molecule has 1 atom stereocenters. The Bertz CT molecular complexity index is 399. The minimum atomic E-state index is -0.864. The molecule has 1 aromatic rings. The first kappa shape index (κ1) is 10.4. The molecule has 1 heterocycles. The molecule has 0 aliphatic heterocycles. The molecular weight excluding hydrogens is 184 g/mol. The van der Waals surface area contributed by atoms with Crippen molar-refractivity contribution in [2.45, 2.75) is 19.5 Å². The van der Waals surface area contributed by atoms with Gasteiger partial charge in [-0.05, 0) is 13.0 Å². The summed E-state index contributed by atoms with van der Waals surface area (Å²) >= 11 is 0. The van der Waals surface area contributed by atoms with Gasteiger partial charge in [-0.3, -0.25) is 9.36 Å². The average molecular weight is 196 g/mol. The summed E-state index contributed by atoms with van der Waals surface area (Å²) in [4.78, 5) is 25.6. The van der Waals surface area contributed by atoms with Gasteiger partial charge < -0.3 is 11.5 Å². The lowest BCUT2D eigenvalue weighted by molar-refractivity contribution is -0.119. The highest BCUT2D eigenvalue weighted by molar-refractivity contribution is 5.79. The Labute approximate surface area is 80.5 Å². The fourth-order valence-corrected chi connectivity index (χ4v) is 0.955. The fourth-order valence-electron chi connectivity index (χ4n) is 0.955. The monoisotopic (exact) mass is 196 g/mol. The summed E-state index contributed by atoms with van der Waals surface area (Å²) in [5, 5.41) is 0. The van der Waals surface area contributed by atoms with E-state index in [1.54, 1.807) is 13.0 Å². The Hall–Kier alpha value is -1.69. The van der Waals surface area contributed by atoms with E-state index in [0.717, 1.165) is 0 Å². The third-order valence-corrected chi connectivity index (χ3v) is 1.77. The molecule has 0 aliphatic carbocycles. The van der Waals surface area contributed by atoms with Crippen LogP contribution in [0, 0.1) is 6.92 Å². The molecule has 1 rings (SSSR count). The van der Waals surface area contributed by atoms with E-state index < -0.39 is 17.6 Å². The maximum Gasteiger partial charge on any atom is 0.347 e. The number of carbonyl (C=O) groups is 1. The van der Waals surface area contributed by atoms with Gasteiger partial charge in [-0.2, -0.15) is 4.98 Å². The van der Waals surface area contributed by atoms with Gasteiger partial charge in [-0.1, -0.05) is 0 Å². The van der Waals surface area contributed by atoms with Crippen LogP contribution in [0.3, 0.4) is 0 Å². The summed E-state index contributed by atoms with van der Waals surface area (Å²) in [7, 11) is 0. The number of primary amides is 1. The highest BCUT2D eigenvalue weighted by atomic mass is 16.2. The van der Waals surface area contributed by atoms with Crippen molar-refractivity contribution in [1.82, 2.24) is 9.55 Å². The Kier molecular flexibility index (Phi) is 2.98. The smallest absolute Gasteiger partial charge is 0.347 e. The van der Waals surface area contributed by atoms with Gasteiger partial charge in [0, 0.05) is 11.9 Å². The number of aryl methyl sites for hydroxylation is 1. The Morgan fingerprint density at radius 3 is 2.86 bits per heavy atom. The highest BCUT2D eigenvalue weighted by Crippen LogP contribution is 1.88. The highest BCUT2D eigenvalue weighted by Gasteiger charge is 2.10. The van der Waals surface area contributed by atoms with E-state index in [4.69, 9.17) is 11.5 Å². The van der Waals surface area contributed by atoms with Crippen LogP contribution >= 0.6 is 0 Å². The molecule has 0 fully saturated rings. The fraction of sp³-hybridized carbons (Fsp3) is 0.375. The van der Waals surface area contributed by atoms with Crippen LogP contribution in [-0.2, 0) is 11.3 Å². The largest absolute Gasteiger partial charge is 0.368 e. The van der Waals surface area contributed by atoms with Crippen LogP contribution in [0.15, 0.2) is 17.1 Å². The number of hydrogen-bond acceptors (Lipinski definition) is 4. The van der Waals surface area contributed by atoms with Crippen molar-refractivity contribution in [3.8, 4) is 0 Å². The van der Waals surface area contributed by atoms with Crippen molar-refractivity contribution in [1.29, 1.82) is 0 Å². The predicted molar refractivity (Wildman–Crippen MR) is 50.4 cm³/mol. The summed E-state index contributed by atoms with van der Waals surface area (Å²) in [6.07, 6.45) is 1.54. The molecule has 0 spiro atoms. The topological polar surface area (TPSA) is 104 Å². The van der Waals surface area contributed by atoms with Gasteiger partial charge in [0.15, 0.2) is 0 Å². The van der Waals surface area contributed by atoms with Gasteiger partial charge in [-0.15, -0.1) is 0 Å². The molecule has 0 saturated heterocycles. The van der Waals surface area contributed by atoms with Crippen LogP contribution < -0.4 is 17.2 Å². The first-order chi connectivity index (χ1) is 6.50. The molecule has 1 unspecified atom stereocenters. The summed E-state index contributed by atoms with van der Waals surface area (Å²) in [5.74, 6) is -0.641. The van der Waals surface area contributed by atoms with Gasteiger partial charge in [0.25, 0.3) is 0 Å². The lowest BCUT2D eigenvalue weighted by Gasteiger charge is -2.08. The van der Waals surface area contributed by atoms with Crippen LogP contribution in [0.5, 0.6) is 0 Å². The molecule has 1 amide bonds. The van der Waals surface area contributed by atoms with Crippen LogP contribution in [0.1, 0.15) is 5.69 Å². The van der Waals surface area contributed by atoms with E-state index in [1.807, 2.05) is 0 Å². The van der Waals surface area contributed by atoms with Crippen molar-refractivity contribution in [2.75, 3.05) is 0 Å². The molecule has 0 aliphatic rings. The van der Waals surface area contributed by atoms with Gasteiger partial charge in [0.05, 0.1) is 6.54 Å². The van der Waals surface area contributed by atoms with Crippen molar-refractivity contribution >= 4 is 5.91 Å². The molecule has 0 aromatic carbocycles. The molecule has 0 saturated carbocycles. The van der Waals surface area contributed by atoms with Crippen molar-refractivity contribution in [3.63, 3.8) is 0 Å². The number of carbonyl (C=O) groups excluding carboxylic acids is 1. The number of nitrogens with two attached hydrogens (primary N) is 2. The zero-order chi connectivity index (χ0) is 10.7. The van der Waals surface area contributed by atoms with E-state index >= 15 is 0 Å². The maximum absolute atomic E-state index is 11.2. The first-order valence-corrected chi connectivity index (χ1v) is 4.09. The quantitative estimate of drug-likeness (QED) is 0.605. The number of rotatable bonds is 3. The number of amides is 1. The van der Waals surface area contributed by atoms with Crippen molar-refractivity contribution in [3.05, 3.63) is 28.4 Å². The molecule has 6 heteroatoms. The van der Waals surface area contributed by atoms with Crippen LogP contribution in [-0.4, -0.2) is 21.5 Å². The SMILES string of the molecule is Cc1ccn(CC(N)C(N)=O)c(=O)n1. The Morgan fingerprint density at radius 2 is 2.36 bits per heavy atom. The van der Waals surface area contributed by atoms with Crippen molar-refractivity contribution < 1.29 is 4.79 Å². The standard InChI is InChI=1S/C8H12N4O2/c1-5-2-3-12(8(14)11-5)4-6(9)7(10)13/h2-3,6H,4,9H2,1H3,(H2,10,13). The van der Waals surface area contributed by atoms with E-state index in [0.29, 0.717) is 5.69 Å². The predicted octanol–water partition coefficient (Wildman–Crippen LogP) is -1.64. The maximum atomic E-state index is 11.2. The van der Waals surface area contributed by atoms with Gasteiger partial charge in [0.2, 0.25) is 5.91 Å². The molecule has 0 radical (unpaired) electrons. The molecule has 14 heavy (non-hydrogen) atoms. The van der Waals surface area contributed by atoms with Crippen molar-refractivity contribution in [2.24, 2.45) is 11.5 Å². The number of hydrogen-bond donors (Lipinski definition) is 2. The summed E-state index contributed by atoms with van der Waals surface area (Å²) in [6.45, 7) is 1.77. The second-order valence-corrected chi connectivity index (χ2v) is 3.01. The lowest BCUT2D eigenvalue weighted by Crippen LogP contribution is -2.42. The molecule has 1 aromatic heterocycles. The van der Waals surface area contributed by atoms with Crippen LogP contribution in [0.2, 0.25) is 0 Å². The van der Waals surface area contributed by atoms with E-state index in [9.17, 15) is 9.59 Å². The van der Waals surface area contributed by atoms with E-state index in [2.05, 4.69) is 4.98 Å². The molecule has 0 bridgehead atoms. The summed E-state index contributed by atoms with van der Waals surface area (Å²) in [5.41, 5.74) is 10.6. The Morgan fingerprint density at radius 1 is 1.71 bits per heavy atom. The molecule has 76 valence electrons. The van der Waals surface area contributed by atoms with E-state index in [-0.39, 0.29) is 6.54 Å². The third-order valence-electron chi connectivity index (χ3n) is 1.77. The minimum Gasteiger partial charge on any atom is -0.368 e. The number of nitrogens with zero attached hydrogens (tertiary/aromatic N) is 2. The Balaban J connectivity index is 2.88. The average Bonchev–Trinajstić information content (AvgIpc) is 2.09. The molecule has 4 N–H and O–H groups in total. The van der Waals surface area contributed by atoms with Crippen LogP contribution in [0.25, 0.3) is 0 Å². The molecular formula is C8H12N4O2. The zero-order valence-corrected chi connectivity index (χ0v) is 7.80.